The SMILES string of the molecule is CC(C)(c1ccc(S(C)(=O)=O)cc1)c1ccc(S(=O)(=O)c2ccc(S(=O)(=O)c3cc[c-]cc3)cc2)cc1.Cc1ccc(S(=O)(=O)c2ccc(S(=O)(=O)c3ccc(C(C)(C)c4ccc(S(=O)[O-])cc4CCl)c(CCl)c3)cc2)cc1.[Co+2]. The van der Waals surface area contributed by atoms with Gasteiger partial charge in [0.2, 0.25) is 29.5 Å². The van der Waals surface area contributed by atoms with Crippen LogP contribution in [0.2, 0.25) is 0 Å². The van der Waals surface area contributed by atoms with Crippen molar-refractivity contribution in [2.45, 2.75) is 106 Å². The predicted octanol–water partition coefficient (Wildman–Crippen LogP) is 11.6. The second-order valence-electron chi connectivity index (χ2n) is 19.2. The molecule has 0 aliphatic heterocycles. The molecule has 0 fully saturated rings. The van der Waals surface area contributed by atoms with Crippen molar-refractivity contribution in [1.82, 2.24) is 0 Å². The van der Waals surface area contributed by atoms with Gasteiger partial charge in [0.05, 0.1) is 39.2 Å². The molecule has 0 N–H and O–H groups in total. The summed E-state index contributed by atoms with van der Waals surface area (Å²) >= 11 is 10.1. The average Bonchev–Trinajstić information content (AvgIpc) is 3.54. The van der Waals surface area contributed by atoms with Crippen LogP contribution in [0.3, 0.4) is 0 Å². The van der Waals surface area contributed by atoms with Crippen molar-refractivity contribution in [2.75, 3.05) is 6.26 Å². The summed E-state index contributed by atoms with van der Waals surface area (Å²) in [5, 5.41) is 0. The van der Waals surface area contributed by atoms with Crippen molar-refractivity contribution in [3.8, 4) is 0 Å². The quantitative estimate of drug-likeness (QED) is 0.0502. The van der Waals surface area contributed by atoms with Crippen LogP contribution in [0.4, 0.5) is 0 Å². The van der Waals surface area contributed by atoms with Gasteiger partial charge in [-0.05, 0) is 165 Å². The zero-order chi connectivity index (χ0) is 57.2. The second-order valence-corrected chi connectivity index (χ2v) is 30.5. The summed E-state index contributed by atoms with van der Waals surface area (Å²) in [7, 11) is -18.8. The molecule has 0 amide bonds. The summed E-state index contributed by atoms with van der Waals surface area (Å²) in [5.74, 6) is 0.108. The Bertz CT molecular complexity index is 4120. The van der Waals surface area contributed by atoms with Gasteiger partial charge < -0.3 is 4.55 Å². The first-order chi connectivity index (χ1) is 36.5. The van der Waals surface area contributed by atoms with Crippen LogP contribution in [0.5, 0.6) is 0 Å². The molecular formula is C58H52Cl2CoO12S6. The number of benzene rings is 8. The zero-order valence-electron chi connectivity index (χ0n) is 43.2. The van der Waals surface area contributed by atoms with E-state index in [1.807, 2.05) is 34.6 Å². The molecule has 0 saturated heterocycles. The van der Waals surface area contributed by atoms with Crippen LogP contribution in [-0.2, 0) is 99.6 Å². The van der Waals surface area contributed by atoms with Gasteiger partial charge in [-0.3, -0.25) is 4.21 Å². The summed E-state index contributed by atoms with van der Waals surface area (Å²) < 4.78 is 151. The smallest absolute Gasteiger partial charge is 0.768 e. The van der Waals surface area contributed by atoms with E-state index < -0.39 is 71.1 Å². The first-order valence-electron chi connectivity index (χ1n) is 23.6. The Labute approximate surface area is 486 Å². The van der Waals surface area contributed by atoms with E-state index in [1.165, 1.54) is 121 Å². The molecule has 8 aromatic rings. The summed E-state index contributed by atoms with van der Waals surface area (Å²) in [6.45, 7) is 9.65. The second kappa shape index (κ2) is 24.4. The van der Waals surface area contributed by atoms with Crippen LogP contribution in [0, 0.1) is 13.0 Å². The molecule has 1 radical (unpaired) electrons. The van der Waals surface area contributed by atoms with Gasteiger partial charge in [0.1, 0.15) is 0 Å². The maximum Gasteiger partial charge on any atom is 2.00 e. The third-order valence-electron chi connectivity index (χ3n) is 13.4. The Hall–Kier alpha value is -5.29. The minimum absolute atomic E-state index is 0. The molecule has 1 unspecified atom stereocenters. The van der Waals surface area contributed by atoms with E-state index in [0.29, 0.717) is 11.1 Å². The standard InChI is InChI=1S/C30H28Cl2O6S3.C28H25O6S3.Co/c1-20-4-7-24(8-5-20)40(35,36)25-9-11-26(12-10-25)41(37,38)27-13-15-29(22(17-27)19-32)30(2,3)28-14-6-23(39(33)34)16-21(28)18-31;1-28(2,21-9-13-23(14-10-21)35(3,29)30)22-11-15-25(16-12-22)37(33,34)27-19-17-26(18-20-27)36(31,32)24-7-5-4-6-8-24;/h4-17H,18-19H2,1-3H3,(H,33,34);5-20H,1-3H3;/q;-1;+2/p-1. The Morgan fingerprint density at radius 2 is 0.734 bits per heavy atom. The largest absolute Gasteiger partial charge is 2.00 e. The molecular weight excluding hydrogens is 1210 g/mol. The third-order valence-corrected chi connectivity index (χ3v) is 22.9. The van der Waals surface area contributed by atoms with Crippen molar-refractivity contribution in [1.29, 1.82) is 0 Å². The molecule has 8 aromatic carbocycles. The van der Waals surface area contributed by atoms with E-state index >= 15 is 0 Å². The van der Waals surface area contributed by atoms with Crippen LogP contribution in [0.15, 0.2) is 231 Å². The van der Waals surface area contributed by atoms with Crippen molar-refractivity contribution in [3.63, 3.8) is 0 Å². The van der Waals surface area contributed by atoms with E-state index in [2.05, 4.69) is 6.07 Å². The Balaban J connectivity index is 0.000000253. The Kier molecular flexibility index (Phi) is 19.4. The van der Waals surface area contributed by atoms with Gasteiger partial charge >= 0.3 is 16.8 Å². The molecule has 21 heteroatoms. The maximum atomic E-state index is 13.5. The van der Waals surface area contributed by atoms with Gasteiger partial charge in [0, 0.05) is 33.7 Å². The van der Waals surface area contributed by atoms with Crippen LogP contribution >= 0.6 is 23.2 Å². The van der Waals surface area contributed by atoms with Crippen molar-refractivity contribution >= 4 is 83.5 Å². The van der Waals surface area contributed by atoms with Crippen LogP contribution in [0.1, 0.15) is 66.6 Å². The van der Waals surface area contributed by atoms with Gasteiger partial charge in [0.25, 0.3) is 0 Å². The molecule has 415 valence electrons. The topological polar surface area (TPSA) is 211 Å². The molecule has 0 aliphatic rings. The van der Waals surface area contributed by atoms with Gasteiger partial charge in [-0.25, -0.2) is 42.1 Å². The van der Waals surface area contributed by atoms with E-state index in [0.717, 1.165) is 34.1 Å². The fourth-order valence-electron chi connectivity index (χ4n) is 8.74. The van der Waals surface area contributed by atoms with Gasteiger partial charge in [-0.1, -0.05) is 81.8 Å². The average molecular weight is 1260 g/mol. The number of sulfone groups is 5. The summed E-state index contributed by atoms with van der Waals surface area (Å²) in [6.07, 6.45) is 1.15. The van der Waals surface area contributed by atoms with Gasteiger partial charge in [-0.2, -0.15) is 30.3 Å². The molecule has 0 spiro atoms. The molecule has 0 bridgehead atoms. The molecule has 8 rings (SSSR count). The van der Waals surface area contributed by atoms with Crippen LogP contribution < -0.4 is 0 Å². The summed E-state index contributed by atoms with van der Waals surface area (Å²) in [5.41, 5.74) is 4.20. The fourth-order valence-corrected chi connectivity index (χ4v) is 15.3. The van der Waals surface area contributed by atoms with Crippen molar-refractivity contribution in [3.05, 3.63) is 227 Å². The van der Waals surface area contributed by atoms with Gasteiger partial charge in [-0.15, -0.1) is 23.2 Å². The van der Waals surface area contributed by atoms with Crippen molar-refractivity contribution in [2.24, 2.45) is 0 Å². The van der Waals surface area contributed by atoms with Crippen LogP contribution in [0.25, 0.3) is 0 Å². The molecule has 0 aliphatic carbocycles. The minimum Gasteiger partial charge on any atom is -0.768 e. The molecule has 12 nitrogen and oxygen atoms in total. The number of aryl methyl sites for hydroxylation is 1. The van der Waals surface area contributed by atoms with E-state index in [4.69, 9.17) is 23.2 Å². The number of hydrogen-bond donors (Lipinski definition) is 0. The molecule has 79 heavy (non-hydrogen) atoms. The molecule has 0 saturated carbocycles. The zero-order valence-corrected chi connectivity index (χ0v) is 50.6. The Morgan fingerprint density at radius 3 is 1.10 bits per heavy atom. The number of rotatable bonds is 16. The number of halogens is 2. The fraction of sp³-hybridized carbons (Fsp3) is 0.172. The molecule has 0 aromatic heterocycles. The predicted molar refractivity (Wildman–Crippen MR) is 301 cm³/mol. The molecule has 1 atom stereocenters. The van der Waals surface area contributed by atoms with Crippen molar-refractivity contribution < 1.29 is 67.6 Å². The first kappa shape index (κ1) is 62.9. The van der Waals surface area contributed by atoms with E-state index in [-0.39, 0.29) is 77.5 Å². The normalized spacial score (nSPS) is 12.9. The summed E-state index contributed by atoms with van der Waals surface area (Å²) in [6, 6.07) is 47.9. The first-order valence-corrected chi connectivity index (χ1v) is 33.6. The van der Waals surface area contributed by atoms with Crippen LogP contribution in [-0.4, -0.2) is 57.1 Å². The third kappa shape index (κ3) is 13.4. The van der Waals surface area contributed by atoms with Gasteiger partial charge in [0.15, 0.2) is 19.7 Å². The molecule has 0 heterocycles. The summed E-state index contributed by atoms with van der Waals surface area (Å²) in [4.78, 5) is 0.576. The van der Waals surface area contributed by atoms with E-state index in [1.54, 1.807) is 60.7 Å². The maximum absolute atomic E-state index is 13.5. The monoisotopic (exact) mass is 1260 g/mol. The van der Waals surface area contributed by atoms with E-state index in [9.17, 15) is 50.9 Å². The Morgan fingerprint density at radius 1 is 0.430 bits per heavy atom. The number of hydrogen-bond acceptors (Lipinski definition) is 12. The number of alkyl halides is 2. The minimum atomic E-state index is -4.00.